The van der Waals surface area contributed by atoms with Crippen molar-refractivity contribution in [2.75, 3.05) is 13.2 Å². The summed E-state index contributed by atoms with van der Waals surface area (Å²) >= 11 is 5.20. The van der Waals surface area contributed by atoms with Gasteiger partial charge >= 0.3 is 0 Å². The van der Waals surface area contributed by atoms with Crippen LogP contribution in [0.15, 0.2) is 63.0 Å². The van der Waals surface area contributed by atoms with Crippen LogP contribution in [0.25, 0.3) is 16.7 Å². The second-order valence-corrected chi connectivity index (χ2v) is 8.32. The smallest absolute Gasteiger partial charge is 0.262 e. The fraction of sp³-hybridized carbons (Fsp3) is 0.286. The van der Waals surface area contributed by atoms with Crippen molar-refractivity contribution >= 4 is 44.4 Å². The third kappa shape index (κ3) is 4.10. The van der Waals surface area contributed by atoms with E-state index >= 15 is 0 Å². The van der Waals surface area contributed by atoms with Gasteiger partial charge in [0.25, 0.3) is 5.56 Å². The van der Waals surface area contributed by atoms with E-state index in [2.05, 4.69) is 32.2 Å². The molecule has 8 heteroatoms. The highest BCUT2D eigenvalue weighted by molar-refractivity contribution is 9.10. The highest BCUT2D eigenvalue weighted by Gasteiger charge is 2.17. The molecule has 0 fully saturated rings. The van der Waals surface area contributed by atoms with E-state index in [1.165, 1.54) is 5.56 Å². The summed E-state index contributed by atoms with van der Waals surface area (Å²) in [7, 11) is 0. The van der Waals surface area contributed by atoms with Gasteiger partial charge in [-0.05, 0) is 37.1 Å². The Labute approximate surface area is 181 Å². The van der Waals surface area contributed by atoms with Gasteiger partial charge in [-0.2, -0.15) is 0 Å². The van der Waals surface area contributed by atoms with Gasteiger partial charge in [-0.15, -0.1) is 10.2 Å². The lowest BCUT2D eigenvalue weighted by Gasteiger charge is -2.11. The van der Waals surface area contributed by atoms with Crippen LogP contribution in [0.1, 0.15) is 18.9 Å². The van der Waals surface area contributed by atoms with Crippen LogP contribution in [0.5, 0.6) is 0 Å². The summed E-state index contributed by atoms with van der Waals surface area (Å²) in [5.74, 6) is 1.32. The average Bonchev–Trinajstić information content (AvgIpc) is 3.16. The molecule has 0 aliphatic heterocycles. The fourth-order valence-electron chi connectivity index (χ4n) is 3.26. The topological polar surface area (TPSA) is 61.4 Å². The van der Waals surface area contributed by atoms with Gasteiger partial charge in [-0.25, -0.2) is 0 Å². The van der Waals surface area contributed by atoms with Crippen LogP contribution in [0.3, 0.4) is 0 Å². The highest BCUT2D eigenvalue weighted by atomic mass is 79.9. The van der Waals surface area contributed by atoms with Crippen LogP contribution >= 0.6 is 27.7 Å². The Balaban J connectivity index is 1.76. The van der Waals surface area contributed by atoms with Crippen molar-refractivity contribution in [3.8, 4) is 0 Å². The molecule has 0 amide bonds. The fourth-order valence-corrected chi connectivity index (χ4v) is 4.81. The number of para-hydroxylation sites is 1. The van der Waals surface area contributed by atoms with Gasteiger partial charge in [0, 0.05) is 30.0 Å². The zero-order valence-electron chi connectivity index (χ0n) is 16.0. The molecule has 4 aromatic rings. The number of nitrogens with zero attached hydrogens (tertiary/aromatic N) is 4. The van der Waals surface area contributed by atoms with E-state index in [1.807, 2.05) is 53.8 Å². The number of hydrogen-bond acceptors (Lipinski definition) is 5. The summed E-state index contributed by atoms with van der Waals surface area (Å²) in [5.41, 5.74) is 1.97. The molecule has 4 rings (SSSR count). The average molecular weight is 473 g/mol. The lowest BCUT2D eigenvalue weighted by molar-refractivity contribution is 0.141. The van der Waals surface area contributed by atoms with Crippen LogP contribution in [-0.4, -0.2) is 32.4 Å². The van der Waals surface area contributed by atoms with E-state index in [-0.39, 0.29) is 5.56 Å². The number of ether oxygens (including phenoxy) is 1. The largest absolute Gasteiger partial charge is 0.382 e. The van der Waals surface area contributed by atoms with Crippen LogP contribution in [-0.2, 0) is 17.0 Å². The first-order valence-electron chi connectivity index (χ1n) is 9.51. The highest BCUT2D eigenvalue weighted by Crippen LogP contribution is 2.27. The van der Waals surface area contributed by atoms with Gasteiger partial charge in [-0.3, -0.25) is 13.8 Å². The zero-order chi connectivity index (χ0) is 20.2. The molecule has 0 radical (unpaired) electrons. The maximum Gasteiger partial charge on any atom is 0.262 e. The number of hydrogen-bond donors (Lipinski definition) is 0. The molecule has 150 valence electrons. The lowest BCUT2D eigenvalue weighted by Crippen LogP contribution is -2.24. The minimum atomic E-state index is -0.0423. The Morgan fingerprint density at radius 2 is 1.90 bits per heavy atom. The molecular formula is C21H21BrN4O2S. The molecule has 2 heterocycles. The molecule has 0 bridgehead atoms. The molecule has 0 spiro atoms. The van der Waals surface area contributed by atoms with Crippen molar-refractivity contribution in [3.05, 3.63) is 68.9 Å². The van der Waals surface area contributed by atoms with Crippen LogP contribution < -0.4 is 5.56 Å². The molecule has 0 aliphatic rings. The van der Waals surface area contributed by atoms with Crippen molar-refractivity contribution < 1.29 is 4.74 Å². The van der Waals surface area contributed by atoms with E-state index < -0.39 is 0 Å². The standard InChI is InChI=1S/C21H21BrN4O2S/c1-2-28-13-7-12-25-19(27)16-9-4-6-11-18(16)26-20(25)23-24-21(26)29-14-15-8-3-5-10-17(15)22/h3-6,8-11H,2,7,12-14H2,1H3. The number of fused-ring (bicyclic) bond motifs is 3. The summed E-state index contributed by atoms with van der Waals surface area (Å²) in [6.07, 6.45) is 0.744. The Morgan fingerprint density at radius 1 is 1.10 bits per heavy atom. The molecule has 2 aromatic heterocycles. The predicted octanol–water partition coefficient (Wildman–Crippen LogP) is 4.53. The minimum Gasteiger partial charge on any atom is -0.382 e. The van der Waals surface area contributed by atoms with Crippen molar-refractivity contribution in [1.82, 2.24) is 19.2 Å². The summed E-state index contributed by atoms with van der Waals surface area (Å²) in [6, 6.07) is 15.8. The van der Waals surface area contributed by atoms with Gasteiger partial charge in [0.15, 0.2) is 5.16 Å². The third-order valence-electron chi connectivity index (χ3n) is 4.67. The van der Waals surface area contributed by atoms with Crippen molar-refractivity contribution in [2.24, 2.45) is 0 Å². The molecule has 0 aliphatic carbocycles. The Bertz CT molecular complexity index is 1200. The molecule has 6 nitrogen and oxygen atoms in total. The molecule has 0 saturated heterocycles. The van der Waals surface area contributed by atoms with Crippen molar-refractivity contribution in [1.29, 1.82) is 0 Å². The van der Waals surface area contributed by atoms with E-state index in [1.54, 1.807) is 16.3 Å². The number of aryl methyl sites for hydroxylation is 1. The van der Waals surface area contributed by atoms with Gasteiger partial charge in [0.05, 0.1) is 10.9 Å². The lowest BCUT2D eigenvalue weighted by atomic mass is 10.2. The zero-order valence-corrected chi connectivity index (χ0v) is 18.4. The number of aromatic nitrogens is 4. The van der Waals surface area contributed by atoms with Crippen molar-refractivity contribution in [2.45, 2.75) is 30.8 Å². The number of thioether (sulfide) groups is 1. The Hall–Kier alpha value is -2.16. The summed E-state index contributed by atoms with van der Waals surface area (Å²) in [5, 5.41) is 10.2. The van der Waals surface area contributed by atoms with E-state index in [9.17, 15) is 4.79 Å². The number of halogens is 1. The van der Waals surface area contributed by atoms with Gasteiger partial charge in [0.1, 0.15) is 0 Å². The number of rotatable bonds is 8. The molecule has 0 saturated carbocycles. The van der Waals surface area contributed by atoms with Crippen LogP contribution in [0.2, 0.25) is 0 Å². The normalized spacial score (nSPS) is 11.5. The molecule has 0 atom stereocenters. The van der Waals surface area contributed by atoms with Crippen LogP contribution in [0, 0.1) is 0 Å². The number of benzene rings is 2. The van der Waals surface area contributed by atoms with Gasteiger partial charge in [0.2, 0.25) is 5.78 Å². The first kappa shape index (κ1) is 20.1. The van der Waals surface area contributed by atoms with Crippen LogP contribution in [0.4, 0.5) is 0 Å². The summed E-state index contributed by atoms with van der Waals surface area (Å²) < 4.78 is 10.2. The quantitative estimate of drug-likeness (QED) is 0.278. The Morgan fingerprint density at radius 3 is 2.72 bits per heavy atom. The predicted molar refractivity (Wildman–Crippen MR) is 120 cm³/mol. The van der Waals surface area contributed by atoms with Gasteiger partial charge < -0.3 is 4.74 Å². The van der Waals surface area contributed by atoms with Gasteiger partial charge in [-0.1, -0.05) is 58.0 Å². The molecule has 29 heavy (non-hydrogen) atoms. The van der Waals surface area contributed by atoms with E-state index in [0.717, 1.165) is 27.3 Å². The summed E-state index contributed by atoms with van der Waals surface area (Å²) in [4.78, 5) is 13.1. The summed E-state index contributed by atoms with van der Waals surface area (Å²) in [6.45, 7) is 3.79. The molecule has 0 unspecified atom stereocenters. The first-order valence-corrected chi connectivity index (χ1v) is 11.3. The molecule has 0 N–H and O–H groups in total. The maximum absolute atomic E-state index is 13.1. The van der Waals surface area contributed by atoms with Crippen molar-refractivity contribution in [3.63, 3.8) is 0 Å². The maximum atomic E-state index is 13.1. The van der Waals surface area contributed by atoms with E-state index in [4.69, 9.17) is 4.74 Å². The monoisotopic (exact) mass is 472 g/mol. The minimum absolute atomic E-state index is 0.0423. The molecule has 2 aromatic carbocycles. The second-order valence-electron chi connectivity index (χ2n) is 6.52. The first-order chi connectivity index (χ1) is 14.2. The van der Waals surface area contributed by atoms with E-state index in [0.29, 0.717) is 30.9 Å². The Kier molecular flexibility index (Phi) is 6.32. The SMILES string of the molecule is CCOCCCn1c(=O)c2ccccc2n2c(SCc3ccccc3Br)nnc12. The third-order valence-corrected chi connectivity index (χ3v) is 6.42. The second kappa shape index (κ2) is 9.11. The molecular weight excluding hydrogens is 452 g/mol.